The van der Waals surface area contributed by atoms with Gasteiger partial charge >= 0.3 is 0 Å². The zero-order valence-electron chi connectivity index (χ0n) is 12.1. The second kappa shape index (κ2) is 7.36. The molecule has 0 fully saturated rings. The molecule has 0 aliphatic heterocycles. The van der Waals surface area contributed by atoms with Gasteiger partial charge in [0, 0.05) is 23.7 Å². The Morgan fingerprint density at radius 2 is 2.05 bits per heavy atom. The number of carbonyl (C=O) groups excluding carboxylic acids is 1. The number of ketones is 1. The zero-order chi connectivity index (χ0) is 15.2. The summed E-state index contributed by atoms with van der Waals surface area (Å²) in [5, 5.41) is 7.74. The van der Waals surface area contributed by atoms with Crippen LogP contribution in [-0.4, -0.2) is 26.7 Å². The quantitative estimate of drug-likeness (QED) is 0.480. The fraction of sp³-hybridized carbons (Fsp3) is 0.400. The van der Waals surface area contributed by atoms with E-state index in [1.807, 2.05) is 0 Å². The molecule has 0 aliphatic carbocycles. The van der Waals surface area contributed by atoms with Crippen LogP contribution in [0.5, 0.6) is 0 Å². The maximum atomic E-state index is 12.8. The molecular weight excluding hydrogens is 289 g/mol. The second-order valence-corrected chi connectivity index (χ2v) is 6.10. The van der Waals surface area contributed by atoms with Crippen LogP contribution in [0.3, 0.4) is 0 Å². The summed E-state index contributed by atoms with van der Waals surface area (Å²) in [5.41, 5.74) is 0.557. The predicted octanol–water partition coefficient (Wildman–Crippen LogP) is 3.82. The van der Waals surface area contributed by atoms with E-state index >= 15 is 0 Å². The minimum atomic E-state index is -0.326. The highest BCUT2D eigenvalue weighted by Crippen LogP contribution is 2.18. The van der Waals surface area contributed by atoms with Crippen molar-refractivity contribution in [2.24, 2.45) is 0 Å². The molecule has 21 heavy (non-hydrogen) atoms. The minimum absolute atomic E-state index is 0.0356. The molecule has 0 saturated heterocycles. The molecule has 4 nitrogen and oxygen atoms in total. The first-order valence-corrected chi connectivity index (χ1v) is 7.88. The normalized spacial score (nSPS) is 11.0. The van der Waals surface area contributed by atoms with E-state index in [-0.39, 0.29) is 11.6 Å². The number of aromatic amines is 1. The number of benzene rings is 1. The first-order chi connectivity index (χ1) is 10.1. The molecule has 0 radical (unpaired) electrons. The first-order valence-electron chi connectivity index (χ1n) is 6.90. The van der Waals surface area contributed by atoms with Crippen molar-refractivity contribution in [2.45, 2.75) is 37.8 Å². The van der Waals surface area contributed by atoms with Gasteiger partial charge in [-0.15, -0.1) is 5.10 Å². The highest BCUT2D eigenvalue weighted by molar-refractivity contribution is 7.99. The number of halogens is 1. The molecule has 2 aromatic rings. The molecule has 0 aliphatic rings. The van der Waals surface area contributed by atoms with E-state index in [2.05, 4.69) is 29.0 Å². The molecular formula is C15H18FN3OS. The van der Waals surface area contributed by atoms with Crippen molar-refractivity contribution < 1.29 is 9.18 Å². The zero-order valence-corrected chi connectivity index (χ0v) is 12.9. The van der Waals surface area contributed by atoms with Crippen LogP contribution in [0, 0.1) is 5.82 Å². The number of hydrogen-bond donors (Lipinski definition) is 1. The van der Waals surface area contributed by atoms with E-state index in [4.69, 9.17) is 0 Å². The first kappa shape index (κ1) is 15.7. The van der Waals surface area contributed by atoms with Crippen molar-refractivity contribution in [1.82, 2.24) is 15.2 Å². The fourth-order valence-corrected chi connectivity index (χ4v) is 2.50. The summed E-state index contributed by atoms with van der Waals surface area (Å²) in [6, 6.07) is 5.66. The molecule has 112 valence electrons. The number of carbonyl (C=O) groups is 1. The Hall–Kier alpha value is -1.69. The summed E-state index contributed by atoms with van der Waals surface area (Å²) in [6.45, 7) is 4.10. The lowest BCUT2D eigenvalue weighted by atomic mass is 10.1. The van der Waals surface area contributed by atoms with Crippen molar-refractivity contribution in [3.8, 4) is 0 Å². The number of nitrogens with zero attached hydrogens (tertiary/aromatic N) is 2. The lowest BCUT2D eigenvalue weighted by Gasteiger charge is -2.00. The van der Waals surface area contributed by atoms with E-state index in [0.29, 0.717) is 23.1 Å². The molecule has 1 aromatic carbocycles. The van der Waals surface area contributed by atoms with E-state index in [9.17, 15) is 9.18 Å². The van der Waals surface area contributed by atoms with Crippen molar-refractivity contribution in [3.63, 3.8) is 0 Å². The van der Waals surface area contributed by atoms with Crippen LogP contribution in [0.2, 0.25) is 0 Å². The van der Waals surface area contributed by atoms with Crippen molar-refractivity contribution >= 4 is 17.5 Å². The van der Waals surface area contributed by atoms with Crippen molar-refractivity contribution in [3.05, 3.63) is 41.5 Å². The van der Waals surface area contributed by atoms with Gasteiger partial charge in [-0.3, -0.25) is 9.89 Å². The Morgan fingerprint density at radius 3 is 2.67 bits per heavy atom. The lowest BCUT2D eigenvalue weighted by Crippen LogP contribution is -1.99. The number of Topliss-reactive ketones (excluding diaryl/α,β-unsaturated/α-hetero) is 1. The fourth-order valence-electron chi connectivity index (χ4n) is 1.76. The largest absolute Gasteiger partial charge is 0.294 e. The number of nitrogens with one attached hydrogen (secondary N) is 1. The maximum Gasteiger partial charge on any atom is 0.208 e. The van der Waals surface area contributed by atoms with Gasteiger partial charge in [0.25, 0.3) is 0 Å². The second-order valence-electron chi connectivity index (χ2n) is 5.04. The van der Waals surface area contributed by atoms with Crippen LogP contribution >= 0.6 is 11.8 Å². The molecule has 6 heteroatoms. The average Bonchev–Trinajstić information content (AvgIpc) is 2.93. The highest BCUT2D eigenvalue weighted by atomic mass is 32.2. The van der Waals surface area contributed by atoms with Gasteiger partial charge in [0.15, 0.2) is 5.78 Å². The Labute approximate surface area is 127 Å². The number of H-pyrrole nitrogens is 1. The standard InChI is InChI=1S/C15H18FN3OS/c1-10(2)14-17-15(19-18-14)21-9-3-4-13(20)11-5-7-12(16)8-6-11/h5-8,10H,3-4,9H2,1-2H3,(H,17,18,19). The molecule has 1 heterocycles. The third kappa shape index (κ3) is 4.67. The van der Waals surface area contributed by atoms with E-state index < -0.39 is 0 Å². The maximum absolute atomic E-state index is 12.8. The summed E-state index contributed by atoms with van der Waals surface area (Å²) in [5.74, 6) is 1.69. The van der Waals surface area contributed by atoms with Gasteiger partial charge in [0.2, 0.25) is 5.16 Å². The van der Waals surface area contributed by atoms with Crippen LogP contribution < -0.4 is 0 Å². The predicted molar refractivity (Wildman–Crippen MR) is 81.2 cm³/mol. The number of rotatable bonds is 7. The highest BCUT2D eigenvalue weighted by Gasteiger charge is 2.08. The lowest BCUT2D eigenvalue weighted by molar-refractivity contribution is 0.0982. The minimum Gasteiger partial charge on any atom is -0.294 e. The smallest absolute Gasteiger partial charge is 0.208 e. The number of hydrogen-bond acceptors (Lipinski definition) is 4. The van der Waals surface area contributed by atoms with E-state index in [1.165, 1.54) is 36.0 Å². The van der Waals surface area contributed by atoms with Gasteiger partial charge < -0.3 is 0 Å². The third-order valence-corrected chi connectivity index (χ3v) is 3.91. The monoisotopic (exact) mass is 307 g/mol. The molecule has 0 bridgehead atoms. The van der Waals surface area contributed by atoms with Crippen LogP contribution in [0.4, 0.5) is 4.39 Å². The van der Waals surface area contributed by atoms with Crippen LogP contribution in [-0.2, 0) is 0 Å². The van der Waals surface area contributed by atoms with Gasteiger partial charge in [-0.05, 0) is 30.7 Å². The van der Waals surface area contributed by atoms with Gasteiger partial charge in [0.1, 0.15) is 11.6 Å². The van der Waals surface area contributed by atoms with Gasteiger partial charge in [-0.1, -0.05) is 25.6 Å². The topological polar surface area (TPSA) is 58.6 Å². The summed E-state index contributed by atoms with van der Waals surface area (Å²) in [7, 11) is 0. The molecule has 0 amide bonds. The average molecular weight is 307 g/mol. The number of thioether (sulfide) groups is 1. The molecule has 0 saturated carbocycles. The third-order valence-electron chi connectivity index (χ3n) is 2.97. The van der Waals surface area contributed by atoms with Crippen LogP contribution in [0.15, 0.2) is 29.4 Å². The van der Waals surface area contributed by atoms with Crippen LogP contribution in [0.25, 0.3) is 0 Å². The summed E-state index contributed by atoms with van der Waals surface area (Å²) < 4.78 is 12.8. The SMILES string of the molecule is CC(C)c1nc(SCCCC(=O)c2ccc(F)cc2)n[nH]1. The Balaban J connectivity index is 1.74. The van der Waals surface area contributed by atoms with Crippen molar-refractivity contribution in [2.75, 3.05) is 5.75 Å². The van der Waals surface area contributed by atoms with Crippen molar-refractivity contribution in [1.29, 1.82) is 0 Å². The molecule has 1 N–H and O–H groups in total. The van der Waals surface area contributed by atoms with Gasteiger partial charge in [-0.25, -0.2) is 9.37 Å². The molecule has 1 aromatic heterocycles. The van der Waals surface area contributed by atoms with E-state index in [1.54, 1.807) is 0 Å². The van der Waals surface area contributed by atoms with Gasteiger partial charge in [0.05, 0.1) is 0 Å². The van der Waals surface area contributed by atoms with Gasteiger partial charge in [-0.2, -0.15) is 0 Å². The summed E-state index contributed by atoms with van der Waals surface area (Å²) >= 11 is 1.53. The molecule has 0 spiro atoms. The Kier molecular flexibility index (Phi) is 5.50. The molecule has 0 unspecified atom stereocenters. The molecule has 2 rings (SSSR count). The van der Waals surface area contributed by atoms with E-state index in [0.717, 1.165) is 18.0 Å². The number of aromatic nitrogens is 3. The summed E-state index contributed by atoms with van der Waals surface area (Å²) in [6.07, 6.45) is 1.19. The Morgan fingerprint density at radius 1 is 1.33 bits per heavy atom. The Bertz CT molecular complexity index is 595. The summed E-state index contributed by atoms with van der Waals surface area (Å²) in [4.78, 5) is 16.3. The van der Waals surface area contributed by atoms with Crippen LogP contribution in [0.1, 0.15) is 48.8 Å². The molecule has 0 atom stereocenters.